The number of alkyl halides is 2. The van der Waals surface area contributed by atoms with E-state index in [1.54, 1.807) is 0 Å². The highest BCUT2D eigenvalue weighted by Gasteiger charge is 1.95. The van der Waals surface area contributed by atoms with Gasteiger partial charge in [0.2, 0.25) is 0 Å². The van der Waals surface area contributed by atoms with E-state index in [4.69, 9.17) is 23.2 Å². The van der Waals surface area contributed by atoms with Crippen molar-refractivity contribution < 1.29 is 0 Å². The molecule has 0 rings (SSSR count). The molecule has 0 spiro atoms. The van der Waals surface area contributed by atoms with Crippen LogP contribution in [0.1, 0.15) is 141 Å². The van der Waals surface area contributed by atoms with Gasteiger partial charge in [-0.2, -0.15) is 0 Å². The number of hydrogen-bond donors (Lipinski definition) is 0. The molecule has 0 amide bonds. The molecule has 0 nitrogen and oxygen atoms in total. The van der Waals surface area contributed by atoms with Gasteiger partial charge < -0.3 is 0 Å². The van der Waals surface area contributed by atoms with E-state index in [2.05, 4.69) is 0 Å². The molecule has 0 saturated carbocycles. The Labute approximate surface area is 176 Å². The van der Waals surface area contributed by atoms with Crippen molar-refractivity contribution in [3.8, 4) is 0 Å². The molecule has 0 aromatic heterocycles. The van der Waals surface area contributed by atoms with Crippen LogP contribution in [-0.4, -0.2) is 11.8 Å². The number of hydrogen-bond acceptors (Lipinski definition) is 0. The first-order valence-electron chi connectivity index (χ1n) is 12.0. The largest absolute Gasteiger partial charge is 0.127 e. The highest BCUT2D eigenvalue weighted by atomic mass is 35.5. The molecule has 26 heavy (non-hydrogen) atoms. The Hall–Kier alpha value is 0.580. The Morgan fingerprint density at radius 1 is 0.192 bits per heavy atom. The van der Waals surface area contributed by atoms with Crippen molar-refractivity contribution in [2.45, 2.75) is 141 Å². The van der Waals surface area contributed by atoms with E-state index in [0.717, 1.165) is 11.8 Å². The first-order chi connectivity index (χ1) is 12.9. The van der Waals surface area contributed by atoms with Crippen LogP contribution in [0.2, 0.25) is 0 Å². The lowest BCUT2D eigenvalue weighted by Gasteiger charge is -2.04. The van der Waals surface area contributed by atoms with Gasteiger partial charge in [0.15, 0.2) is 0 Å². The second-order valence-electron chi connectivity index (χ2n) is 8.16. The van der Waals surface area contributed by atoms with Crippen molar-refractivity contribution in [3.63, 3.8) is 0 Å². The van der Waals surface area contributed by atoms with E-state index in [1.165, 1.54) is 141 Å². The summed E-state index contributed by atoms with van der Waals surface area (Å²) < 4.78 is 0. The lowest BCUT2D eigenvalue weighted by Crippen LogP contribution is -1.84. The summed E-state index contributed by atoms with van der Waals surface area (Å²) in [5.41, 5.74) is 0. The summed E-state index contributed by atoms with van der Waals surface area (Å²) in [7, 11) is 0. The summed E-state index contributed by atoms with van der Waals surface area (Å²) in [6.45, 7) is 0. The average molecular weight is 408 g/mol. The Balaban J connectivity index is 2.95. The highest BCUT2D eigenvalue weighted by Crippen LogP contribution is 2.15. The van der Waals surface area contributed by atoms with Gasteiger partial charge in [-0.3, -0.25) is 0 Å². The molecule has 0 fully saturated rings. The van der Waals surface area contributed by atoms with Gasteiger partial charge in [0.1, 0.15) is 0 Å². The minimum atomic E-state index is 0.843. The first-order valence-corrected chi connectivity index (χ1v) is 13.1. The second kappa shape index (κ2) is 25.6. The third kappa shape index (κ3) is 24.6. The Morgan fingerprint density at radius 2 is 0.308 bits per heavy atom. The maximum absolute atomic E-state index is 5.69. The molecular formula is C24H48Cl2. The Kier molecular flexibility index (Phi) is 26.2. The second-order valence-corrected chi connectivity index (χ2v) is 8.91. The molecule has 0 atom stereocenters. The molecule has 0 aliphatic carbocycles. The van der Waals surface area contributed by atoms with Crippen LogP contribution in [0.25, 0.3) is 0 Å². The summed E-state index contributed by atoms with van der Waals surface area (Å²) in [6.07, 6.45) is 31.2. The summed E-state index contributed by atoms with van der Waals surface area (Å²) in [5, 5.41) is 0. The van der Waals surface area contributed by atoms with Crippen LogP contribution in [0.15, 0.2) is 0 Å². The predicted molar refractivity (Wildman–Crippen MR) is 123 cm³/mol. The van der Waals surface area contributed by atoms with Gasteiger partial charge in [-0.25, -0.2) is 0 Å². The van der Waals surface area contributed by atoms with Gasteiger partial charge in [0.05, 0.1) is 0 Å². The summed E-state index contributed by atoms with van der Waals surface area (Å²) >= 11 is 11.4. The van der Waals surface area contributed by atoms with Gasteiger partial charge in [0.25, 0.3) is 0 Å². The SMILES string of the molecule is ClCCCCCCCCCCCCCCCCCCCCCCCCCl. The maximum atomic E-state index is 5.69. The van der Waals surface area contributed by atoms with Crippen molar-refractivity contribution in [2.24, 2.45) is 0 Å². The van der Waals surface area contributed by atoms with Crippen molar-refractivity contribution in [2.75, 3.05) is 11.8 Å². The molecule has 158 valence electrons. The van der Waals surface area contributed by atoms with Gasteiger partial charge in [-0.15, -0.1) is 23.2 Å². The van der Waals surface area contributed by atoms with Crippen LogP contribution < -0.4 is 0 Å². The third-order valence-electron chi connectivity index (χ3n) is 5.52. The van der Waals surface area contributed by atoms with Crippen LogP contribution >= 0.6 is 23.2 Å². The molecule has 0 bridgehead atoms. The van der Waals surface area contributed by atoms with E-state index in [1.807, 2.05) is 0 Å². The van der Waals surface area contributed by atoms with Crippen molar-refractivity contribution in [3.05, 3.63) is 0 Å². The van der Waals surface area contributed by atoms with Gasteiger partial charge in [-0.05, 0) is 12.8 Å². The lowest BCUT2D eigenvalue weighted by atomic mass is 10.0. The van der Waals surface area contributed by atoms with Gasteiger partial charge in [-0.1, -0.05) is 128 Å². The zero-order chi connectivity index (χ0) is 19.0. The normalized spacial score (nSPS) is 11.3. The molecule has 0 aromatic carbocycles. The van der Waals surface area contributed by atoms with E-state index >= 15 is 0 Å². The Bertz CT molecular complexity index is 206. The van der Waals surface area contributed by atoms with Gasteiger partial charge >= 0.3 is 0 Å². The Morgan fingerprint density at radius 3 is 0.423 bits per heavy atom. The maximum Gasteiger partial charge on any atom is 0.0223 e. The van der Waals surface area contributed by atoms with Crippen LogP contribution in [0.5, 0.6) is 0 Å². The molecule has 0 heterocycles. The monoisotopic (exact) mass is 406 g/mol. The van der Waals surface area contributed by atoms with E-state index in [9.17, 15) is 0 Å². The quantitative estimate of drug-likeness (QED) is 0.117. The number of unbranched alkanes of at least 4 members (excludes halogenated alkanes) is 21. The van der Waals surface area contributed by atoms with E-state index in [-0.39, 0.29) is 0 Å². The molecule has 0 aromatic rings. The molecule has 0 aliphatic heterocycles. The van der Waals surface area contributed by atoms with Crippen molar-refractivity contribution in [1.29, 1.82) is 0 Å². The summed E-state index contributed by atoms with van der Waals surface area (Å²) in [6, 6.07) is 0. The van der Waals surface area contributed by atoms with Crippen LogP contribution in [0.4, 0.5) is 0 Å². The summed E-state index contributed by atoms with van der Waals surface area (Å²) in [5.74, 6) is 1.69. The molecule has 2 heteroatoms. The van der Waals surface area contributed by atoms with Crippen LogP contribution in [-0.2, 0) is 0 Å². The van der Waals surface area contributed by atoms with E-state index < -0.39 is 0 Å². The summed E-state index contributed by atoms with van der Waals surface area (Å²) in [4.78, 5) is 0. The molecular weight excluding hydrogens is 359 g/mol. The topological polar surface area (TPSA) is 0 Å². The molecule has 0 unspecified atom stereocenters. The highest BCUT2D eigenvalue weighted by molar-refractivity contribution is 6.18. The lowest BCUT2D eigenvalue weighted by molar-refractivity contribution is 0.520. The average Bonchev–Trinajstić information content (AvgIpc) is 2.66. The number of halogens is 2. The smallest absolute Gasteiger partial charge is 0.0223 e. The fourth-order valence-electron chi connectivity index (χ4n) is 3.72. The van der Waals surface area contributed by atoms with Crippen LogP contribution in [0, 0.1) is 0 Å². The standard InChI is InChI=1S/C24H48Cl2/c25-23-21-19-17-15-13-11-9-7-5-3-1-2-4-6-8-10-12-14-16-18-20-22-24-26/h1-24H2. The minimum absolute atomic E-state index is 0.843. The fourth-order valence-corrected chi connectivity index (χ4v) is 4.10. The molecule has 0 N–H and O–H groups in total. The van der Waals surface area contributed by atoms with Crippen molar-refractivity contribution >= 4 is 23.2 Å². The van der Waals surface area contributed by atoms with Crippen LogP contribution in [0.3, 0.4) is 0 Å². The van der Waals surface area contributed by atoms with Crippen molar-refractivity contribution in [1.82, 2.24) is 0 Å². The third-order valence-corrected chi connectivity index (χ3v) is 6.05. The molecule has 0 aliphatic rings. The predicted octanol–water partition coefficient (Wildman–Crippen LogP) is 10.0. The minimum Gasteiger partial charge on any atom is -0.127 e. The van der Waals surface area contributed by atoms with Gasteiger partial charge in [0, 0.05) is 11.8 Å². The number of rotatable bonds is 23. The first kappa shape index (κ1) is 26.6. The van der Waals surface area contributed by atoms with E-state index in [0.29, 0.717) is 0 Å². The zero-order valence-electron chi connectivity index (χ0n) is 17.7. The molecule has 0 radical (unpaired) electrons. The fraction of sp³-hybridized carbons (Fsp3) is 1.00. The molecule has 0 saturated heterocycles. The zero-order valence-corrected chi connectivity index (χ0v) is 19.2.